The second-order valence-electron chi connectivity index (χ2n) is 2.62. The molecule has 0 spiro atoms. The van der Waals surface area contributed by atoms with Crippen LogP contribution in [0.5, 0.6) is 0 Å². The minimum Gasteiger partial charge on any atom is -0.379 e. The van der Waals surface area contributed by atoms with Crippen molar-refractivity contribution in [1.29, 1.82) is 0 Å². The second kappa shape index (κ2) is 6.18. The third-order valence-corrected chi connectivity index (χ3v) is 2.79. The number of rotatable bonds is 5. The standard InChI is InChI=1S/C7H17N2.Al.2H/c1-4-8-7-9(5-2)6-3;;;/h4-7H2,1-3H3;;;/q-1;+1;;. The molecule has 0 atom stereocenters. The lowest BCUT2D eigenvalue weighted by molar-refractivity contribution is 0.219. The molecule has 0 amide bonds. The molecule has 10 heavy (non-hydrogen) atoms. The largest absolute Gasteiger partial charge is 0.379 e. The molecule has 0 saturated carbocycles. The monoisotopic (exact) mass is 158 g/mol. The van der Waals surface area contributed by atoms with Crippen molar-refractivity contribution in [2.45, 2.75) is 20.8 Å². The van der Waals surface area contributed by atoms with E-state index in [1.54, 1.807) is 0 Å². The van der Waals surface area contributed by atoms with E-state index in [0.29, 0.717) is 0 Å². The summed E-state index contributed by atoms with van der Waals surface area (Å²) in [5.41, 5.74) is 0. The summed E-state index contributed by atoms with van der Waals surface area (Å²) < 4.78 is 2.45. The van der Waals surface area contributed by atoms with E-state index in [4.69, 9.17) is 0 Å². The van der Waals surface area contributed by atoms with Crippen molar-refractivity contribution in [3.63, 3.8) is 0 Å². The molecule has 0 unspecified atom stereocenters. The Labute approximate surface area is 72.8 Å². The minimum atomic E-state index is 1.16. The molecule has 2 nitrogen and oxygen atoms in total. The van der Waals surface area contributed by atoms with Crippen molar-refractivity contribution in [2.75, 3.05) is 26.3 Å². The van der Waals surface area contributed by atoms with Gasteiger partial charge in [-0.1, -0.05) is 20.8 Å². The van der Waals surface area contributed by atoms with Gasteiger partial charge in [-0.3, -0.25) is 4.90 Å². The van der Waals surface area contributed by atoms with Gasteiger partial charge in [0.2, 0.25) is 0 Å². The topological polar surface area (TPSA) is 6.48 Å². The summed E-state index contributed by atoms with van der Waals surface area (Å²) in [6, 6.07) is 0. The number of hydrogen-bond donors (Lipinski definition) is 0. The van der Waals surface area contributed by atoms with Crippen LogP contribution in [0.4, 0.5) is 0 Å². The van der Waals surface area contributed by atoms with Gasteiger partial charge in [-0.15, -0.1) is 0 Å². The van der Waals surface area contributed by atoms with E-state index in [9.17, 15) is 0 Å². The molecule has 0 aromatic heterocycles. The van der Waals surface area contributed by atoms with Gasteiger partial charge in [-0.2, -0.15) is 0 Å². The molecule has 0 aromatic carbocycles. The summed E-state index contributed by atoms with van der Waals surface area (Å²) >= 11 is 1.19. The molecule has 0 radical (unpaired) electrons. The van der Waals surface area contributed by atoms with Crippen LogP contribution in [0.15, 0.2) is 0 Å². The van der Waals surface area contributed by atoms with E-state index in [-0.39, 0.29) is 0 Å². The Balaban J connectivity index is 3.41. The third kappa shape index (κ3) is 4.30. The van der Waals surface area contributed by atoms with E-state index < -0.39 is 0 Å². The summed E-state index contributed by atoms with van der Waals surface area (Å²) in [6.07, 6.45) is 0. The van der Waals surface area contributed by atoms with Gasteiger partial charge in [-0.25, -0.2) is 0 Å². The number of hydrogen-bond acceptors (Lipinski definition) is 2. The zero-order valence-electron chi connectivity index (χ0n) is 7.72. The molecule has 0 rings (SSSR count). The molecule has 0 bridgehead atoms. The fraction of sp³-hybridized carbons (Fsp3) is 1.00. The average molecular weight is 158 g/mol. The summed E-state index contributed by atoms with van der Waals surface area (Å²) in [5.74, 6) is 0. The summed E-state index contributed by atoms with van der Waals surface area (Å²) in [5, 5.41) is 0. The van der Waals surface area contributed by atoms with Crippen molar-refractivity contribution in [2.24, 2.45) is 0 Å². The lowest BCUT2D eigenvalue weighted by Crippen LogP contribution is -2.36. The zero-order valence-corrected chi connectivity index (χ0v) is 9.72. The minimum absolute atomic E-state index is 1.16. The predicted octanol–water partition coefficient (Wildman–Crippen LogP) is 0.156. The van der Waals surface area contributed by atoms with Crippen molar-refractivity contribution < 1.29 is 0 Å². The van der Waals surface area contributed by atoms with Gasteiger partial charge < -0.3 is 3.88 Å². The molecule has 0 N–H and O–H groups in total. The molecule has 0 heterocycles. The molecule has 0 aliphatic rings. The Kier molecular flexibility index (Phi) is 6.46. The van der Waals surface area contributed by atoms with Crippen molar-refractivity contribution in [1.82, 2.24) is 8.78 Å². The van der Waals surface area contributed by atoms with Gasteiger partial charge in [0.15, 0.2) is 0 Å². The van der Waals surface area contributed by atoms with Crippen molar-refractivity contribution in [3.8, 4) is 0 Å². The summed E-state index contributed by atoms with van der Waals surface area (Å²) in [6.45, 7) is 11.4. The Morgan fingerprint density at radius 2 is 1.50 bits per heavy atom. The van der Waals surface area contributed by atoms with Gasteiger partial charge in [0.25, 0.3) is 0 Å². The van der Waals surface area contributed by atoms with Crippen LogP contribution in [0.1, 0.15) is 20.8 Å². The fourth-order valence-corrected chi connectivity index (χ4v) is 1.27. The Morgan fingerprint density at radius 3 is 1.80 bits per heavy atom. The van der Waals surface area contributed by atoms with Crippen LogP contribution in [0.3, 0.4) is 0 Å². The third-order valence-electron chi connectivity index (χ3n) is 1.88. The maximum absolute atomic E-state index is 2.45. The highest BCUT2D eigenvalue weighted by atomic mass is 27.1. The Bertz CT molecular complexity index is 74.0. The van der Waals surface area contributed by atoms with Crippen molar-refractivity contribution >= 4 is 16.5 Å². The maximum atomic E-state index is 2.45. The van der Waals surface area contributed by atoms with Gasteiger partial charge in [-0.05, 0) is 19.6 Å². The quantitative estimate of drug-likeness (QED) is 0.415. The number of nitrogens with zero attached hydrogens (tertiary/aromatic N) is 2. The van der Waals surface area contributed by atoms with E-state index >= 15 is 0 Å². The lowest BCUT2D eigenvalue weighted by Gasteiger charge is -2.25. The van der Waals surface area contributed by atoms with Crippen LogP contribution in [-0.4, -0.2) is 51.6 Å². The van der Waals surface area contributed by atoms with E-state index in [1.807, 2.05) is 0 Å². The molecule has 0 aliphatic carbocycles. The molecule has 0 saturated heterocycles. The van der Waals surface area contributed by atoms with Crippen LogP contribution < -0.4 is 0 Å². The molecule has 3 heteroatoms. The lowest BCUT2D eigenvalue weighted by atomic mass is 10.5. The highest BCUT2D eigenvalue weighted by Gasteiger charge is 1.99. The highest BCUT2D eigenvalue weighted by Crippen LogP contribution is 1.88. The summed E-state index contributed by atoms with van der Waals surface area (Å²) in [4.78, 5) is 2.44. The summed E-state index contributed by atoms with van der Waals surface area (Å²) in [7, 11) is 0. The maximum Gasteiger partial charge on any atom is 0.323 e. The molecular weight excluding hydrogens is 139 g/mol. The van der Waals surface area contributed by atoms with Gasteiger partial charge in [0.05, 0.1) is 0 Å². The van der Waals surface area contributed by atoms with Gasteiger partial charge >= 0.3 is 16.5 Å². The van der Waals surface area contributed by atoms with E-state index in [2.05, 4.69) is 29.6 Å². The van der Waals surface area contributed by atoms with Crippen LogP contribution in [0.25, 0.3) is 0 Å². The van der Waals surface area contributed by atoms with E-state index in [0.717, 1.165) is 6.67 Å². The zero-order chi connectivity index (χ0) is 7.98. The highest BCUT2D eigenvalue weighted by molar-refractivity contribution is 6.04. The normalized spacial score (nSPS) is 11.3. The molecule has 0 fully saturated rings. The van der Waals surface area contributed by atoms with Crippen LogP contribution >= 0.6 is 0 Å². The Hall–Kier alpha value is 0.452. The van der Waals surface area contributed by atoms with Crippen LogP contribution in [0, 0.1) is 0 Å². The first kappa shape index (κ1) is 10.5. The second-order valence-corrected chi connectivity index (χ2v) is 3.88. The smallest absolute Gasteiger partial charge is 0.323 e. The van der Waals surface area contributed by atoms with E-state index in [1.165, 1.54) is 36.1 Å². The molecule has 0 aromatic rings. The van der Waals surface area contributed by atoms with Gasteiger partial charge in [0.1, 0.15) is 0 Å². The average Bonchev–Trinajstić information content (AvgIpc) is 1.99. The van der Waals surface area contributed by atoms with Gasteiger partial charge in [0, 0.05) is 6.67 Å². The first-order valence-electron chi connectivity index (χ1n) is 4.15. The van der Waals surface area contributed by atoms with Crippen LogP contribution in [-0.2, 0) is 0 Å². The van der Waals surface area contributed by atoms with Crippen LogP contribution in [0.2, 0.25) is 0 Å². The molecular formula is C7H19AlN2. The first-order valence-corrected chi connectivity index (χ1v) is 5.04. The molecule has 0 aliphatic heterocycles. The Morgan fingerprint density at radius 1 is 1.00 bits per heavy atom. The van der Waals surface area contributed by atoms with Crippen molar-refractivity contribution in [3.05, 3.63) is 0 Å². The first-order chi connectivity index (χ1) is 4.74. The predicted molar refractivity (Wildman–Crippen MR) is 48.7 cm³/mol. The fourth-order valence-electron chi connectivity index (χ4n) is 0.865. The molecule has 60 valence electrons. The SMILES string of the molecule is CC[N]([AlH2])CN(CC)CC.